The Morgan fingerprint density at radius 2 is 1.71 bits per heavy atom. The van der Waals surface area contributed by atoms with E-state index in [1.807, 2.05) is 24.3 Å². The summed E-state index contributed by atoms with van der Waals surface area (Å²) in [7, 11) is 1.63. The van der Waals surface area contributed by atoms with Gasteiger partial charge in [0.25, 0.3) is 0 Å². The van der Waals surface area contributed by atoms with Crippen molar-refractivity contribution in [3.05, 3.63) is 48.0 Å². The molecule has 3 heteroatoms. The van der Waals surface area contributed by atoms with Gasteiger partial charge in [0, 0.05) is 29.2 Å². The fourth-order valence-electron chi connectivity index (χ4n) is 1.62. The average molecular weight is 228 g/mol. The molecule has 3 nitrogen and oxygen atoms in total. The van der Waals surface area contributed by atoms with E-state index >= 15 is 0 Å². The van der Waals surface area contributed by atoms with E-state index in [-0.39, 0.29) is 0 Å². The number of methoxy groups -OCH3 is 1. The van der Waals surface area contributed by atoms with E-state index in [9.17, 15) is 0 Å². The number of hydrogen-bond donors (Lipinski definition) is 2. The monoisotopic (exact) mass is 228 g/mol. The maximum Gasteiger partial charge on any atom is 0.122 e. The average Bonchev–Trinajstić information content (AvgIpc) is 2.31. The van der Waals surface area contributed by atoms with Gasteiger partial charge in [-0.25, -0.2) is 0 Å². The van der Waals surface area contributed by atoms with Crippen LogP contribution in [0.4, 0.5) is 17.1 Å². The minimum atomic E-state index is 0.680. The third-order valence-corrected chi connectivity index (χ3v) is 2.50. The number of nitrogens with one attached hydrogen (secondary N) is 1. The van der Waals surface area contributed by atoms with Crippen molar-refractivity contribution in [1.29, 1.82) is 0 Å². The van der Waals surface area contributed by atoms with Crippen molar-refractivity contribution in [2.45, 2.75) is 6.92 Å². The number of benzene rings is 2. The van der Waals surface area contributed by atoms with Crippen LogP contribution in [0.5, 0.6) is 5.75 Å². The van der Waals surface area contributed by atoms with Gasteiger partial charge in [0.05, 0.1) is 7.11 Å². The summed E-state index contributed by atoms with van der Waals surface area (Å²) >= 11 is 0. The molecule has 3 N–H and O–H groups in total. The zero-order chi connectivity index (χ0) is 12.3. The molecule has 17 heavy (non-hydrogen) atoms. The SMILES string of the molecule is COc1cc(N)cc(Nc2ccc(C)cc2)c1. The molecule has 0 atom stereocenters. The molecule has 88 valence electrons. The molecule has 0 spiro atoms. The molecule has 0 aromatic heterocycles. The minimum Gasteiger partial charge on any atom is -0.497 e. The number of rotatable bonds is 3. The topological polar surface area (TPSA) is 47.3 Å². The van der Waals surface area contributed by atoms with Crippen LogP contribution < -0.4 is 15.8 Å². The number of anilines is 3. The molecule has 0 aliphatic heterocycles. The zero-order valence-corrected chi connectivity index (χ0v) is 10.0. The molecule has 0 aliphatic rings. The molecule has 2 aromatic rings. The first-order valence-electron chi connectivity index (χ1n) is 5.45. The first-order valence-corrected chi connectivity index (χ1v) is 5.45. The Hall–Kier alpha value is -2.16. The Kier molecular flexibility index (Phi) is 3.19. The second-order valence-corrected chi connectivity index (χ2v) is 3.99. The summed E-state index contributed by atoms with van der Waals surface area (Å²) < 4.78 is 5.17. The van der Waals surface area contributed by atoms with Crippen LogP contribution in [0.3, 0.4) is 0 Å². The number of hydrogen-bond acceptors (Lipinski definition) is 3. The standard InChI is InChI=1S/C14H16N2O/c1-10-3-5-12(6-4-10)16-13-7-11(15)8-14(9-13)17-2/h3-9,16H,15H2,1-2H3. The van der Waals surface area contributed by atoms with E-state index in [1.54, 1.807) is 13.2 Å². The van der Waals surface area contributed by atoms with Crippen molar-refractivity contribution in [1.82, 2.24) is 0 Å². The lowest BCUT2D eigenvalue weighted by Crippen LogP contribution is -1.94. The van der Waals surface area contributed by atoms with Gasteiger partial charge < -0.3 is 15.8 Å². The Bertz CT molecular complexity index is 506. The van der Waals surface area contributed by atoms with Crippen LogP contribution >= 0.6 is 0 Å². The summed E-state index contributed by atoms with van der Waals surface area (Å²) in [5.74, 6) is 0.750. The molecule has 0 saturated carbocycles. The second-order valence-electron chi connectivity index (χ2n) is 3.99. The van der Waals surface area contributed by atoms with E-state index in [4.69, 9.17) is 10.5 Å². The molecular formula is C14H16N2O. The first kappa shape index (κ1) is 11.3. The van der Waals surface area contributed by atoms with Gasteiger partial charge in [0.15, 0.2) is 0 Å². The molecule has 2 rings (SSSR count). The zero-order valence-electron chi connectivity index (χ0n) is 10.0. The summed E-state index contributed by atoms with van der Waals surface area (Å²) in [6, 6.07) is 13.8. The third kappa shape index (κ3) is 2.91. The van der Waals surface area contributed by atoms with Gasteiger partial charge >= 0.3 is 0 Å². The van der Waals surface area contributed by atoms with Crippen molar-refractivity contribution < 1.29 is 4.74 Å². The summed E-state index contributed by atoms with van der Waals surface area (Å²) in [4.78, 5) is 0. The Labute approximate surface area is 101 Å². The van der Waals surface area contributed by atoms with Crippen molar-refractivity contribution in [2.24, 2.45) is 0 Å². The van der Waals surface area contributed by atoms with Gasteiger partial charge in [-0.1, -0.05) is 17.7 Å². The van der Waals surface area contributed by atoms with E-state index in [2.05, 4.69) is 24.4 Å². The van der Waals surface area contributed by atoms with Crippen LogP contribution in [0, 0.1) is 6.92 Å². The predicted molar refractivity (Wildman–Crippen MR) is 71.9 cm³/mol. The summed E-state index contributed by atoms with van der Waals surface area (Å²) in [5.41, 5.74) is 9.66. The van der Waals surface area contributed by atoms with Crippen molar-refractivity contribution in [2.75, 3.05) is 18.2 Å². The van der Waals surface area contributed by atoms with Crippen LogP contribution in [-0.2, 0) is 0 Å². The Morgan fingerprint density at radius 3 is 2.35 bits per heavy atom. The van der Waals surface area contributed by atoms with E-state index < -0.39 is 0 Å². The predicted octanol–water partition coefficient (Wildman–Crippen LogP) is 3.33. The fourth-order valence-corrected chi connectivity index (χ4v) is 1.62. The largest absolute Gasteiger partial charge is 0.497 e. The van der Waals surface area contributed by atoms with Gasteiger partial charge in [-0.05, 0) is 25.1 Å². The lowest BCUT2D eigenvalue weighted by Gasteiger charge is -2.09. The molecule has 2 aromatic carbocycles. The van der Waals surface area contributed by atoms with Crippen molar-refractivity contribution in [3.63, 3.8) is 0 Å². The highest BCUT2D eigenvalue weighted by atomic mass is 16.5. The smallest absolute Gasteiger partial charge is 0.122 e. The number of nitrogen functional groups attached to an aromatic ring is 1. The number of aryl methyl sites for hydroxylation is 1. The van der Waals surface area contributed by atoms with Crippen molar-refractivity contribution >= 4 is 17.1 Å². The lowest BCUT2D eigenvalue weighted by molar-refractivity contribution is 0.415. The molecule has 0 amide bonds. The number of nitrogens with two attached hydrogens (primary N) is 1. The van der Waals surface area contributed by atoms with Gasteiger partial charge in [-0.15, -0.1) is 0 Å². The normalized spacial score (nSPS) is 10.0. The van der Waals surface area contributed by atoms with Crippen LogP contribution in [0.1, 0.15) is 5.56 Å². The molecule has 0 fully saturated rings. The highest BCUT2D eigenvalue weighted by Gasteiger charge is 1.99. The highest BCUT2D eigenvalue weighted by molar-refractivity contribution is 5.66. The Morgan fingerprint density at radius 1 is 1.00 bits per heavy atom. The van der Waals surface area contributed by atoms with E-state index in [0.29, 0.717) is 5.69 Å². The first-order chi connectivity index (χ1) is 8.17. The van der Waals surface area contributed by atoms with Gasteiger partial charge in [0.2, 0.25) is 0 Å². The summed E-state index contributed by atoms with van der Waals surface area (Å²) in [6.45, 7) is 2.06. The van der Waals surface area contributed by atoms with Crippen LogP contribution in [0.15, 0.2) is 42.5 Å². The maximum atomic E-state index is 5.79. The van der Waals surface area contributed by atoms with E-state index in [0.717, 1.165) is 17.1 Å². The second kappa shape index (κ2) is 4.78. The molecule has 0 aliphatic carbocycles. The third-order valence-electron chi connectivity index (χ3n) is 2.50. The molecule has 0 bridgehead atoms. The van der Waals surface area contributed by atoms with E-state index in [1.165, 1.54) is 5.56 Å². The minimum absolute atomic E-state index is 0.680. The molecule has 0 heterocycles. The van der Waals surface area contributed by atoms with Gasteiger partial charge in [-0.3, -0.25) is 0 Å². The molecule has 0 saturated heterocycles. The Balaban J connectivity index is 2.23. The van der Waals surface area contributed by atoms with Gasteiger partial charge in [0.1, 0.15) is 5.75 Å². The maximum absolute atomic E-state index is 5.79. The molecule has 0 radical (unpaired) electrons. The van der Waals surface area contributed by atoms with Crippen LogP contribution in [0.25, 0.3) is 0 Å². The number of ether oxygens (including phenoxy) is 1. The summed E-state index contributed by atoms with van der Waals surface area (Å²) in [6.07, 6.45) is 0. The quantitative estimate of drug-likeness (QED) is 0.792. The molecule has 0 unspecified atom stereocenters. The fraction of sp³-hybridized carbons (Fsp3) is 0.143. The van der Waals surface area contributed by atoms with Gasteiger partial charge in [-0.2, -0.15) is 0 Å². The van der Waals surface area contributed by atoms with Crippen LogP contribution in [0.2, 0.25) is 0 Å². The molecular weight excluding hydrogens is 212 g/mol. The lowest BCUT2D eigenvalue weighted by atomic mass is 10.2. The highest BCUT2D eigenvalue weighted by Crippen LogP contribution is 2.25. The summed E-state index contributed by atoms with van der Waals surface area (Å²) in [5, 5.41) is 3.29. The van der Waals surface area contributed by atoms with Crippen LogP contribution in [-0.4, -0.2) is 7.11 Å². The van der Waals surface area contributed by atoms with Crippen molar-refractivity contribution in [3.8, 4) is 5.75 Å².